The smallest absolute Gasteiger partial charge is 0.360 e. The Morgan fingerprint density at radius 2 is 2.12 bits per heavy atom. The fraction of sp³-hybridized carbons (Fsp3) is 0.111. The summed E-state index contributed by atoms with van der Waals surface area (Å²) in [5.41, 5.74) is 2.50. The minimum absolute atomic E-state index is 0.223. The van der Waals surface area contributed by atoms with E-state index in [2.05, 4.69) is 15.1 Å². The van der Waals surface area contributed by atoms with Gasteiger partial charge in [-0.3, -0.25) is 9.78 Å². The van der Waals surface area contributed by atoms with Crippen molar-refractivity contribution >= 4 is 22.4 Å². The first-order valence-corrected chi connectivity index (χ1v) is 7.85. The van der Waals surface area contributed by atoms with Crippen LogP contribution < -0.4 is 10.1 Å². The molecule has 0 bridgehead atoms. The first kappa shape index (κ1) is 15.1. The highest BCUT2D eigenvalue weighted by molar-refractivity contribution is 5.88. The average molecular weight is 335 g/mol. The van der Waals surface area contributed by atoms with Gasteiger partial charge < -0.3 is 9.72 Å². The van der Waals surface area contributed by atoms with Gasteiger partial charge in [-0.05, 0) is 19.1 Å². The molecule has 0 saturated carbocycles. The zero-order chi connectivity index (χ0) is 17.4. The van der Waals surface area contributed by atoms with E-state index in [4.69, 9.17) is 4.74 Å². The van der Waals surface area contributed by atoms with E-state index in [-0.39, 0.29) is 17.9 Å². The number of carbonyl (C=O) groups excluding carboxylic acids is 1. The molecule has 0 aliphatic carbocycles. The van der Waals surface area contributed by atoms with E-state index < -0.39 is 5.97 Å². The molecule has 0 radical (unpaired) electrons. The maximum atomic E-state index is 12.4. The fourth-order valence-corrected chi connectivity index (χ4v) is 2.73. The van der Waals surface area contributed by atoms with Crippen molar-refractivity contribution in [1.29, 1.82) is 0 Å². The van der Waals surface area contributed by atoms with Gasteiger partial charge in [0.2, 0.25) is 6.20 Å². The van der Waals surface area contributed by atoms with Crippen molar-refractivity contribution in [3.05, 3.63) is 64.8 Å². The van der Waals surface area contributed by atoms with Gasteiger partial charge in [-0.15, -0.1) is 0 Å². The maximum Gasteiger partial charge on any atom is 0.360 e. The Balaban J connectivity index is 1.84. The van der Waals surface area contributed by atoms with Crippen LogP contribution in [-0.4, -0.2) is 27.6 Å². The molecule has 0 aliphatic heterocycles. The third kappa shape index (κ3) is 2.65. The number of nitrogens with one attached hydrogen (secondary N) is 2. The monoisotopic (exact) mass is 335 g/mol. The van der Waals surface area contributed by atoms with Crippen molar-refractivity contribution in [2.75, 3.05) is 6.61 Å². The van der Waals surface area contributed by atoms with Crippen molar-refractivity contribution in [2.24, 2.45) is 0 Å². The molecule has 25 heavy (non-hydrogen) atoms. The first-order valence-electron chi connectivity index (χ1n) is 7.85. The van der Waals surface area contributed by atoms with Gasteiger partial charge in [0.1, 0.15) is 5.69 Å². The molecule has 0 spiro atoms. The van der Waals surface area contributed by atoms with Gasteiger partial charge in [-0.25, -0.2) is 4.79 Å². The molecular weight excluding hydrogens is 320 g/mol. The largest absolute Gasteiger partial charge is 0.461 e. The molecule has 0 unspecified atom stereocenters. The quantitative estimate of drug-likeness (QED) is 0.441. The first-order chi connectivity index (χ1) is 12.2. The Morgan fingerprint density at radius 3 is 2.96 bits per heavy atom. The number of rotatable bonds is 3. The lowest BCUT2D eigenvalue weighted by molar-refractivity contribution is -0.577. The number of H-pyrrole nitrogens is 2. The summed E-state index contributed by atoms with van der Waals surface area (Å²) in [6, 6.07) is 11.2. The van der Waals surface area contributed by atoms with E-state index in [1.807, 2.05) is 30.3 Å². The number of esters is 1. The number of benzene rings is 1. The van der Waals surface area contributed by atoms with E-state index in [0.717, 1.165) is 16.5 Å². The van der Waals surface area contributed by atoms with Crippen molar-refractivity contribution in [1.82, 2.24) is 15.1 Å². The third-order valence-corrected chi connectivity index (χ3v) is 3.92. The van der Waals surface area contributed by atoms with Crippen LogP contribution in [0.3, 0.4) is 0 Å². The highest BCUT2D eigenvalue weighted by Gasteiger charge is 2.20. The molecule has 2 N–H and O–H groups in total. The highest BCUT2D eigenvalue weighted by Crippen LogP contribution is 2.19. The van der Waals surface area contributed by atoms with Gasteiger partial charge in [-0.2, -0.15) is 5.10 Å². The summed E-state index contributed by atoms with van der Waals surface area (Å²) < 4.78 is 6.46. The standard InChI is InChI=1S/C18H14N4O3/c1-2-25-18(24)14-8-16-17(23)20-15(10-22(16)21-14)12-7-11-5-3-4-6-13(11)19-9-12/h3-10H,2H2,1H3,(H,20,23)/p+1. The number of nitrogens with zero attached hydrogens (tertiary/aromatic N) is 2. The van der Waals surface area contributed by atoms with Crippen molar-refractivity contribution in [2.45, 2.75) is 6.92 Å². The summed E-state index contributed by atoms with van der Waals surface area (Å²) in [5, 5.41) is 3.85. The molecule has 0 saturated heterocycles. The molecule has 124 valence electrons. The second-order valence-electron chi connectivity index (χ2n) is 5.56. The van der Waals surface area contributed by atoms with Crippen LogP contribution >= 0.6 is 0 Å². The number of para-hydroxylation sites is 1. The van der Waals surface area contributed by atoms with E-state index in [1.165, 1.54) is 10.6 Å². The van der Waals surface area contributed by atoms with Crippen LogP contribution in [-0.2, 0) is 4.74 Å². The van der Waals surface area contributed by atoms with Crippen LogP contribution in [0.2, 0.25) is 0 Å². The molecule has 0 amide bonds. The summed E-state index contributed by atoms with van der Waals surface area (Å²) in [6.45, 7) is 1.99. The number of pyridine rings is 1. The topological polar surface area (TPSA) is 91.9 Å². The minimum atomic E-state index is -0.500. The van der Waals surface area contributed by atoms with Crippen LogP contribution in [0.4, 0.5) is 0 Å². The van der Waals surface area contributed by atoms with E-state index in [9.17, 15) is 9.59 Å². The lowest BCUT2D eigenvalue weighted by Crippen LogP contribution is -2.30. The van der Waals surface area contributed by atoms with Gasteiger partial charge in [0.15, 0.2) is 5.69 Å². The number of hydrogen-bond acceptors (Lipinski definition) is 4. The molecule has 0 fully saturated rings. The molecule has 4 aromatic rings. The summed E-state index contributed by atoms with van der Waals surface area (Å²) in [4.78, 5) is 31.4. The van der Waals surface area contributed by atoms with E-state index >= 15 is 0 Å². The lowest BCUT2D eigenvalue weighted by Gasteiger charge is -2.01. The number of carbonyl (C=O) groups is 1. The van der Waals surface area contributed by atoms with Crippen molar-refractivity contribution in [3.63, 3.8) is 0 Å². The molecule has 7 nitrogen and oxygen atoms in total. The van der Waals surface area contributed by atoms with E-state index in [0.29, 0.717) is 11.2 Å². The van der Waals surface area contributed by atoms with Crippen LogP contribution in [0.1, 0.15) is 17.4 Å². The van der Waals surface area contributed by atoms with Crippen LogP contribution in [0.15, 0.2) is 53.6 Å². The average Bonchev–Trinajstić information content (AvgIpc) is 3.06. The molecule has 7 heteroatoms. The Bertz CT molecular complexity index is 1160. The molecule has 4 rings (SSSR count). The van der Waals surface area contributed by atoms with Crippen LogP contribution in [0.5, 0.6) is 0 Å². The molecule has 3 aromatic heterocycles. The maximum absolute atomic E-state index is 12.4. The van der Waals surface area contributed by atoms with Gasteiger partial charge >= 0.3 is 17.0 Å². The van der Waals surface area contributed by atoms with Gasteiger partial charge in [-0.1, -0.05) is 22.7 Å². The highest BCUT2D eigenvalue weighted by atomic mass is 16.5. The van der Waals surface area contributed by atoms with Crippen LogP contribution in [0, 0.1) is 0 Å². The molecule has 0 aliphatic rings. The fourth-order valence-electron chi connectivity index (χ4n) is 2.73. The Hall–Kier alpha value is -3.48. The van der Waals surface area contributed by atoms with Crippen LogP contribution in [0.25, 0.3) is 27.7 Å². The zero-order valence-electron chi connectivity index (χ0n) is 13.4. The second-order valence-corrected chi connectivity index (χ2v) is 5.56. The SMILES string of the molecule is CCOC(=O)c1cc2c(=O)[nH]c(-c3cnc4ccccc4c3)c[n+]2[nH]1. The second kappa shape index (κ2) is 5.86. The van der Waals surface area contributed by atoms with Gasteiger partial charge in [0.25, 0.3) is 0 Å². The van der Waals surface area contributed by atoms with Crippen molar-refractivity contribution < 1.29 is 14.0 Å². The number of hydrogen-bond donors (Lipinski definition) is 2. The summed E-state index contributed by atoms with van der Waals surface area (Å²) in [5.74, 6) is -0.500. The molecule has 0 atom stereocenters. The summed E-state index contributed by atoms with van der Waals surface area (Å²) >= 11 is 0. The number of aromatic amines is 2. The Labute approximate surface area is 141 Å². The lowest BCUT2D eigenvalue weighted by atomic mass is 10.1. The number of fused-ring (bicyclic) bond motifs is 2. The van der Waals surface area contributed by atoms with E-state index in [1.54, 1.807) is 19.3 Å². The molecule has 1 aromatic carbocycles. The van der Waals surface area contributed by atoms with Gasteiger partial charge in [0, 0.05) is 17.1 Å². The van der Waals surface area contributed by atoms with Gasteiger partial charge in [0.05, 0.1) is 18.2 Å². The molecular formula is C18H15N4O3+. The predicted octanol–water partition coefficient (Wildman–Crippen LogP) is 1.83. The Morgan fingerprint density at radius 1 is 1.28 bits per heavy atom. The normalized spacial score (nSPS) is 11.1. The molecule has 3 heterocycles. The third-order valence-electron chi connectivity index (χ3n) is 3.92. The number of ether oxygens (including phenoxy) is 1. The minimum Gasteiger partial charge on any atom is -0.461 e. The summed E-state index contributed by atoms with van der Waals surface area (Å²) in [7, 11) is 0. The summed E-state index contributed by atoms with van der Waals surface area (Å²) in [6.07, 6.45) is 3.42. The Kier molecular flexibility index (Phi) is 3.53. The number of aromatic nitrogens is 4. The zero-order valence-corrected chi connectivity index (χ0v) is 13.4. The predicted molar refractivity (Wildman–Crippen MR) is 91.3 cm³/mol. The van der Waals surface area contributed by atoms with Crippen molar-refractivity contribution in [3.8, 4) is 11.3 Å².